The second kappa shape index (κ2) is 5.73. The Morgan fingerprint density at radius 1 is 1.61 bits per heavy atom. The van der Waals surface area contributed by atoms with E-state index < -0.39 is 5.97 Å². The van der Waals surface area contributed by atoms with Crippen molar-refractivity contribution in [3.8, 4) is 5.75 Å². The number of anilines is 1. The van der Waals surface area contributed by atoms with Gasteiger partial charge in [0.05, 0.1) is 19.6 Å². The number of ether oxygens (including phenoxy) is 1. The zero-order chi connectivity index (χ0) is 13.0. The molecule has 1 atom stereocenters. The van der Waals surface area contributed by atoms with Gasteiger partial charge < -0.3 is 20.1 Å². The standard InChI is InChI=1S/C13H18N2O3/c1-18-12-4-2-3-10(7-12)15-6-5-14-9-11(15)8-13(16)17/h2-4,7,11,14H,5-6,8-9H2,1H3,(H,16,17). The zero-order valence-corrected chi connectivity index (χ0v) is 10.4. The minimum atomic E-state index is -0.767. The summed E-state index contributed by atoms with van der Waals surface area (Å²) >= 11 is 0. The minimum absolute atomic E-state index is 0.0108. The molecule has 0 radical (unpaired) electrons. The van der Waals surface area contributed by atoms with Crippen molar-refractivity contribution in [2.45, 2.75) is 12.5 Å². The molecule has 1 saturated heterocycles. The van der Waals surface area contributed by atoms with Crippen LogP contribution in [0.15, 0.2) is 24.3 Å². The maximum atomic E-state index is 10.9. The summed E-state index contributed by atoms with van der Waals surface area (Å²) in [6, 6.07) is 7.73. The highest BCUT2D eigenvalue weighted by Crippen LogP contribution is 2.24. The van der Waals surface area contributed by atoms with Crippen LogP contribution < -0.4 is 15.0 Å². The van der Waals surface area contributed by atoms with Gasteiger partial charge in [-0.25, -0.2) is 0 Å². The summed E-state index contributed by atoms with van der Waals surface area (Å²) in [6.45, 7) is 2.38. The van der Waals surface area contributed by atoms with Crippen LogP contribution in [0.25, 0.3) is 0 Å². The van der Waals surface area contributed by atoms with E-state index in [1.807, 2.05) is 24.3 Å². The lowest BCUT2D eigenvalue weighted by Gasteiger charge is -2.37. The molecule has 1 unspecified atom stereocenters. The molecule has 1 aromatic carbocycles. The van der Waals surface area contributed by atoms with Gasteiger partial charge in [-0.3, -0.25) is 4.79 Å². The van der Waals surface area contributed by atoms with E-state index in [0.717, 1.165) is 24.5 Å². The van der Waals surface area contributed by atoms with Gasteiger partial charge >= 0.3 is 5.97 Å². The molecular weight excluding hydrogens is 232 g/mol. The van der Waals surface area contributed by atoms with Crippen molar-refractivity contribution in [1.82, 2.24) is 5.32 Å². The van der Waals surface area contributed by atoms with Crippen LogP contribution in [0.5, 0.6) is 5.75 Å². The van der Waals surface area contributed by atoms with Gasteiger partial charge in [0.15, 0.2) is 0 Å². The second-order valence-corrected chi connectivity index (χ2v) is 4.35. The number of nitrogens with zero attached hydrogens (tertiary/aromatic N) is 1. The van der Waals surface area contributed by atoms with E-state index in [2.05, 4.69) is 10.2 Å². The molecule has 1 aliphatic rings. The first kappa shape index (κ1) is 12.7. The Kier molecular flexibility index (Phi) is 4.04. The lowest BCUT2D eigenvalue weighted by atomic mass is 10.1. The van der Waals surface area contributed by atoms with Crippen molar-refractivity contribution in [3.05, 3.63) is 24.3 Å². The molecule has 0 bridgehead atoms. The highest BCUT2D eigenvalue weighted by atomic mass is 16.5. The van der Waals surface area contributed by atoms with Crippen LogP contribution in [-0.2, 0) is 4.79 Å². The highest BCUT2D eigenvalue weighted by Gasteiger charge is 2.24. The van der Waals surface area contributed by atoms with Crippen molar-refractivity contribution in [3.63, 3.8) is 0 Å². The van der Waals surface area contributed by atoms with Gasteiger partial charge in [-0.15, -0.1) is 0 Å². The summed E-state index contributed by atoms with van der Waals surface area (Å²) in [5.41, 5.74) is 1.02. The number of piperazine rings is 1. The lowest BCUT2D eigenvalue weighted by molar-refractivity contribution is -0.137. The van der Waals surface area contributed by atoms with Crippen molar-refractivity contribution in [2.75, 3.05) is 31.6 Å². The van der Waals surface area contributed by atoms with Crippen LogP contribution >= 0.6 is 0 Å². The van der Waals surface area contributed by atoms with Crippen LogP contribution in [0, 0.1) is 0 Å². The molecule has 0 saturated carbocycles. The van der Waals surface area contributed by atoms with Gasteiger partial charge in [0.25, 0.3) is 0 Å². The Hall–Kier alpha value is -1.75. The quantitative estimate of drug-likeness (QED) is 0.833. The first-order valence-corrected chi connectivity index (χ1v) is 6.04. The number of aliphatic carboxylic acids is 1. The summed E-state index contributed by atoms with van der Waals surface area (Å²) in [5.74, 6) is 0.0247. The van der Waals surface area contributed by atoms with Gasteiger partial charge in [0, 0.05) is 31.4 Å². The maximum absolute atomic E-state index is 10.9. The summed E-state index contributed by atoms with van der Waals surface area (Å²) in [7, 11) is 1.63. The molecule has 2 N–H and O–H groups in total. The predicted molar refractivity (Wildman–Crippen MR) is 69.3 cm³/mol. The molecule has 0 spiro atoms. The smallest absolute Gasteiger partial charge is 0.305 e. The van der Waals surface area contributed by atoms with Crippen LogP contribution in [0.1, 0.15) is 6.42 Å². The van der Waals surface area contributed by atoms with Crippen molar-refractivity contribution < 1.29 is 14.6 Å². The van der Waals surface area contributed by atoms with E-state index in [1.165, 1.54) is 0 Å². The van der Waals surface area contributed by atoms with Crippen LogP contribution in [0.2, 0.25) is 0 Å². The number of hydrogen-bond donors (Lipinski definition) is 2. The van der Waals surface area contributed by atoms with E-state index in [4.69, 9.17) is 9.84 Å². The molecule has 5 nitrogen and oxygen atoms in total. The molecule has 1 aliphatic heterocycles. The normalized spacial score (nSPS) is 19.6. The van der Waals surface area contributed by atoms with Crippen LogP contribution in [0.3, 0.4) is 0 Å². The van der Waals surface area contributed by atoms with E-state index >= 15 is 0 Å². The highest BCUT2D eigenvalue weighted by molar-refractivity contribution is 5.69. The second-order valence-electron chi connectivity index (χ2n) is 4.35. The fourth-order valence-electron chi connectivity index (χ4n) is 2.27. The number of carboxylic acid groups (broad SMARTS) is 1. The first-order chi connectivity index (χ1) is 8.70. The largest absolute Gasteiger partial charge is 0.497 e. The average molecular weight is 250 g/mol. The van der Waals surface area contributed by atoms with Gasteiger partial charge in [0.2, 0.25) is 0 Å². The molecule has 1 aromatic rings. The van der Waals surface area contributed by atoms with E-state index in [9.17, 15) is 4.79 Å². The first-order valence-electron chi connectivity index (χ1n) is 6.04. The Morgan fingerprint density at radius 2 is 2.44 bits per heavy atom. The third-order valence-corrected chi connectivity index (χ3v) is 3.15. The maximum Gasteiger partial charge on any atom is 0.305 e. The number of rotatable bonds is 4. The molecule has 0 aliphatic carbocycles. The van der Waals surface area contributed by atoms with E-state index in [0.29, 0.717) is 6.54 Å². The molecule has 1 fully saturated rings. The lowest BCUT2D eigenvalue weighted by Crippen LogP contribution is -2.52. The van der Waals surface area contributed by atoms with Crippen molar-refractivity contribution in [2.24, 2.45) is 0 Å². The topological polar surface area (TPSA) is 61.8 Å². The number of nitrogens with one attached hydrogen (secondary N) is 1. The Bertz CT molecular complexity index is 422. The summed E-state index contributed by atoms with van der Waals surface area (Å²) in [6.07, 6.45) is 0.143. The third-order valence-electron chi connectivity index (χ3n) is 3.15. The number of benzene rings is 1. The van der Waals surface area contributed by atoms with Crippen LogP contribution in [-0.4, -0.2) is 43.9 Å². The summed E-state index contributed by atoms with van der Waals surface area (Å²) in [4.78, 5) is 13.0. The number of carboxylic acids is 1. The molecule has 2 rings (SSSR count). The monoisotopic (exact) mass is 250 g/mol. The summed E-state index contributed by atoms with van der Waals surface area (Å²) in [5, 5.41) is 12.2. The molecule has 1 heterocycles. The Morgan fingerprint density at radius 3 is 3.17 bits per heavy atom. The Labute approximate surface area is 106 Å². The average Bonchev–Trinajstić information content (AvgIpc) is 2.39. The van der Waals surface area contributed by atoms with E-state index in [1.54, 1.807) is 7.11 Å². The predicted octanol–water partition coefficient (Wildman–Crippen LogP) is 0.948. The minimum Gasteiger partial charge on any atom is -0.497 e. The van der Waals surface area contributed by atoms with Gasteiger partial charge in [-0.1, -0.05) is 6.07 Å². The molecular formula is C13H18N2O3. The molecule has 5 heteroatoms. The fraction of sp³-hybridized carbons (Fsp3) is 0.462. The van der Waals surface area contributed by atoms with Crippen LogP contribution in [0.4, 0.5) is 5.69 Å². The SMILES string of the molecule is COc1cccc(N2CCNCC2CC(=O)O)c1. The Balaban J connectivity index is 2.19. The van der Waals surface area contributed by atoms with Crippen molar-refractivity contribution >= 4 is 11.7 Å². The molecule has 98 valence electrons. The molecule has 0 aromatic heterocycles. The zero-order valence-electron chi connectivity index (χ0n) is 10.4. The number of hydrogen-bond acceptors (Lipinski definition) is 4. The van der Waals surface area contributed by atoms with Gasteiger partial charge in [-0.05, 0) is 12.1 Å². The fourth-order valence-corrected chi connectivity index (χ4v) is 2.27. The van der Waals surface area contributed by atoms with E-state index in [-0.39, 0.29) is 12.5 Å². The number of methoxy groups -OCH3 is 1. The summed E-state index contributed by atoms with van der Waals surface area (Å²) < 4.78 is 5.20. The van der Waals surface area contributed by atoms with Gasteiger partial charge in [-0.2, -0.15) is 0 Å². The van der Waals surface area contributed by atoms with Crippen molar-refractivity contribution in [1.29, 1.82) is 0 Å². The molecule has 18 heavy (non-hydrogen) atoms. The third kappa shape index (κ3) is 2.92. The molecule has 0 amide bonds. The number of carbonyl (C=O) groups is 1. The van der Waals surface area contributed by atoms with Gasteiger partial charge in [0.1, 0.15) is 5.75 Å².